The van der Waals surface area contributed by atoms with E-state index < -0.39 is 15.4 Å². The Balaban J connectivity index is 1.70. The van der Waals surface area contributed by atoms with E-state index in [9.17, 15) is 13.0 Å². The van der Waals surface area contributed by atoms with E-state index in [2.05, 4.69) is 13.8 Å². The first-order valence-corrected chi connectivity index (χ1v) is 8.86. The van der Waals surface area contributed by atoms with Gasteiger partial charge in [-0.3, -0.25) is 4.55 Å². The SMILES string of the molecule is CC1C(C)C2CC1C1C3CC(C21)C(S(=O)(=O)O)C3. The number of hydrogen-bond acceptors (Lipinski definition) is 2. The minimum atomic E-state index is -3.82. The van der Waals surface area contributed by atoms with Crippen LogP contribution in [0.4, 0.5) is 0 Å². The molecule has 0 saturated heterocycles. The molecule has 0 aromatic rings. The maximum Gasteiger partial charge on any atom is 0.268 e. The van der Waals surface area contributed by atoms with E-state index in [1.165, 1.54) is 6.42 Å². The molecular formula is C14H22O3S. The summed E-state index contributed by atoms with van der Waals surface area (Å²) in [6, 6.07) is 0. The summed E-state index contributed by atoms with van der Waals surface area (Å²) < 4.78 is 32.5. The van der Waals surface area contributed by atoms with Crippen LogP contribution in [0.15, 0.2) is 0 Å². The lowest BCUT2D eigenvalue weighted by molar-refractivity contribution is 0.0718. The fourth-order valence-electron chi connectivity index (χ4n) is 6.51. The lowest BCUT2D eigenvalue weighted by Crippen LogP contribution is -2.42. The molecule has 18 heavy (non-hydrogen) atoms. The van der Waals surface area contributed by atoms with E-state index in [-0.39, 0.29) is 5.92 Å². The molecule has 9 unspecified atom stereocenters. The van der Waals surface area contributed by atoms with E-state index in [1.54, 1.807) is 0 Å². The second-order valence-electron chi connectivity index (χ2n) is 7.39. The molecule has 102 valence electrons. The summed E-state index contributed by atoms with van der Waals surface area (Å²) in [6.07, 6.45) is 3.12. The summed E-state index contributed by atoms with van der Waals surface area (Å²) in [5.41, 5.74) is 0. The zero-order valence-corrected chi connectivity index (χ0v) is 11.8. The van der Waals surface area contributed by atoms with E-state index in [4.69, 9.17) is 0 Å². The van der Waals surface area contributed by atoms with E-state index in [0.717, 1.165) is 42.4 Å². The highest BCUT2D eigenvalue weighted by molar-refractivity contribution is 7.86. The van der Waals surface area contributed by atoms with Crippen molar-refractivity contribution < 1.29 is 13.0 Å². The van der Waals surface area contributed by atoms with Crippen LogP contribution in [0.1, 0.15) is 33.1 Å². The first-order chi connectivity index (χ1) is 8.39. The third-order valence-electron chi connectivity index (χ3n) is 7.17. The van der Waals surface area contributed by atoms with Crippen molar-refractivity contribution in [2.75, 3.05) is 0 Å². The Morgan fingerprint density at radius 1 is 0.889 bits per heavy atom. The van der Waals surface area contributed by atoms with Gasteiger partial charge in [-0.2, -0.15) is 8.42 Å². The van der Waals surface area contributed by atoms with Crippen molar-refractivity contribution in [1.29, 1.82) is 0 Å². The zero-order chi connectivity index (χ0) is 12.8. The van der Waals surface area contributed by atoms with Gasteiger partial charge < -0.3 is 0 Å². The maximum absolute atomic E-state index is 11.5. The Hall–Kier alpha value is -0.0900. The largest absolute Gasteiger partial charge is 0.285 e. The Morgan fingerprint density at radius 3 is 2.11 bits per heavy atom. The fourth-order valence-corrected chi connectivity index (χ4v) is 7.73. The summed E-state index contributed by atoms with van der Waals surface area (Å²) >= 11 is 0. The van der Waals surface area contributed by atoms with Crippen molar-refractivity contribution >= 4 is 10.1 Å². The van der Waals surface area contributed by atoms with Gasteiger partial charge >= 0.3 is 0 Å². The summed E-state index contributed by atoms with van der Waals surface area (Å²) in [6.45, 7) is 4.73. The van der Waals surface area contributed by atoms with Crippen molar-refractivity contribution in [3.63, 3.8) is 0 Å². The van der Waals surface area contributed by atoms with Crippen molar-refractivity contribution in [2.24, 2.45) is 47.3 Å². The molecule has 0 spiro atoms. The van der Waals surface area contributed by atoms with E-state index in [0.29, 0.717) is 11.8 Å². The standard InChI is InChI=1S/C14H22O3S/c1-6-7(2)10-5-9(6)13-8-3-11(14(10)13)12(4-8)18(15,16)17/h6-14H,3-5H2,1-2H3,(H,15,16,17). The third-order valence-corrected chi connectivity index (χ3v) is 8.47. The van der Waals surface area contributed by atoms with Gasteiger partial charge in [-0.25, -0.2) is 0 Å². The molecule has 0 amide bonds. The maximum atomic E-state index is 11.5. The Morgan fingerprint density at radius 2 is 1.50 bits per heavy atom. The fraction of sp³-hybridized carbons (Fsp3) is 1.00. The lowest BCUT2D eigenvalue weighted by atomic mass is 9.64. The average molecular weight is 270 g/mol. The molecule has 0 aliphatic heterocycles. The Kier molecular flexibility index (Phi) is 2.16. The summed E-state index contributed by atoms with van der Waals surface area (Å²) in [5.74, 6) is 5.37. The monoisotopic (exact) mass is 270 g/mol. The highest BCUT2D eigenvalue weighted by Gasteiger charge is 2.67. The van der Waals surface area contributed by atoms with Crippen LogP contribution in [0.2, 0.25) is 0 Å². The molecule has 4 bridgehead atoms. The summed E-state index contributed by atoms with van der Waals surface area (Å²) in [4.78, 5) is 0. The molecule has 4 fully saturated rings. The molecule has 4 rings (SSSR count). The van der Waals surface area contributed by atoms with Gasteiger partial charge in [0.15, 0.2) is 0 Å². The van der Waals surface area contributed by atoms with Crippen LogP contribution in [0.3, 0.4) is 0 Å². The molecular weight excluding hydrogens is 248 g/mol. The minimum Gasteiger partial charge on any atom is -0.285 e. The molecule has 0 aromatic heterocycles. The van der Waals surface area contributed by atoms with Crippen molar-refractivity contribution in [2.45, 2.75) is 38.4 Å². The van der Waals surface area contributed by atoms with E-state index in [1.807, 2.05) is 0 Å². The van der Waals surface area contributed by atoms with Gasteiger partial charge in [-0.15, -0.1) is 0 Å². The minimum absolute atomic E-state index is 0.264. The molecule has 1 N–H and O–H groups in total. The molecule has 4 aliphatic rings. The highest BCUT2D eigenvalue weighted by atomic mass is 32.2. The van der Waals surface area contributed by atoms with Crippen LogP contribution in [0.5, 0.6) is 0 Å². The van der Waals surface area contributed by atoms with Gasteiger partial charge in [0.2, 0.25) is 0 Å². The molecule has 9 atom stereocenters. The molecule has 0 radical (unpaired) electrons. The number of hydrogen-bond donors (Lipinski definition) is 1. The zero-order valence-electron chi connectivity index (χ0n) is 11.0. The lowest BCUT2D eigenvalue weighted by Gasteiger charge is -2.42. The average Bonchev–Trinajstić information content (AvgIpc) is 2.97. The van der Waals surface area contributed by atoms with Gasteiger partial charge in [0.05, 0.1) is 5.25 Å². The van der Waals surface area contributed by atoms with Gasteiger partial charge in [0.25, 0.3) is 10.1 Å². The van der Waals surface area contributed by atoms with Crippen molar-refractivity contribution in [3.8, 4) is 0 Å². The normalized spacial score (nSPS) is 61.4. The molecule has 0 aromatic carbocycles. The third kappa shape index (κ3) is 1.22. The first kappa shape index (κ1) is 11.7. The Bertz CT molecular complexity index is 485. The van der Waals surface area contributed by atoms with Crippen LogP contribution in [0.25, 0.3) is 0 Å². The van der Waals surface area contributed by atoms with Gasteiger partial charge in [-0.1, -0.05) is 13.8 Å². The van der Waals surface area contributed by atoms with Crippen LogP contribution in [-0.4, -0.2) is 18.2 Å². The van der Waals surface area contributed by atoms with Crippen LogP contribution >= 0.6 is 0 Å². The van der Waals surface area contributed by atoms with Crippen LogP contribution < -0.4 is 0 Å². The number of fused-ring (bicyclic) bond motifs is 9. The van der Waals surface area contributed by atoms with Crippen molar-refractivity contribution in [3.05, 3.63) is 0 Å². The van der Waals surface area contributed by atoms with E-state index >= 15 is 0 Å². The molecule has 4 aliphatic carbocycles. The predicted octanol–water partition coefficient (Wildman–Crippen LogP) is 2.44. The van der Waals surface area contributed by atoms with Gasteiger partial charge in [0.1, 0.15) is 0 Å². The molecule has 4 saturated carbocycles. The summed E-state index contributed by atoms with van der Waals surface area (Å²) in [7, 11) is -3.82. The van der Waals surface area contributed by atoms with Crippen LogP contribution in [0, 0.1) is 47.3 Å². The second-order valence-corrected chi connectivity index (χ2v) is 9.02. The topological polar surface area (TPSA) is 54.4 Å². The summed E-state index contributed by atoms with van der Waals surface area (Å²) in [5, 5.41) is -0.439. The Labute approximate surface area is 109 Å². The van der Waals surface area contributed by atoms with Crippen molar-refractivity contribution in [1.82, 2.24) is 0 Å². The van der Waals surface area contributed by atoms with Gasteiger partial charge in [0, 0.05) is 0 Å². The predicted molar refractivity (Wildman–Crippen MR) is 68.5 cm³/mol. The second kappa shape index (κ2) is 3.32. The molecule has 0 heterocycles. The smallest absolute Gasteiger partial charge is 0.268 e. The highest BCUT2D eigenvalue weighted by Crippen LogP contribution is 2.70. The molecule has 4 heteroatoms. The molecule has 3 nitrogen and oxygen atoms in total. The first-order valence-electron chi connectivity index (χ1n) is 7.36. The van der Waals surface area contributed by atoms with Gasteiger partial charge in [-0.05, 0) is 66.6 Å². The van der Waals surface area contributed by atoms with Crippen LogP contribution in [-0.2, 0) is 10.1 Å². The number of rotatable bonds is 1. The quantitative estimate of drug-likeness (QED) is 0.588.